The van der Waals surface area contributed by atoms with Gasteiger partial charge in [-0.15, -0.1) is 0 Å². The molecule has 0 aliphatic rings. The predicted octanol–water partition coefficient (Wildman–Crippen LogP) is 0.654. The van der Waals surface area contributed by atoms with Crippen molar-refractivity contribution in [1.82, 2.24) is 4.72 Å². The van der Waals surface area contributed by atoms with E-state index >= 15 is 0 Å². The molecule has 0 aliphatic heterocycles. The van der Waals surface area contributed by atoms with Gasteiger partial charge in [0.05, 0.1) is 11.0 Å². The second-order valence-corrected chi connectivity index (χ2v) is 5.20. The van der Waals surface area contributed by atoms with Crippen molar-refractivity contribution in [2.24, 2.45) is 0 Å². The molecule has 0 spiro atoms. The molecule has 0 fully saturated rings. The van der Waals surface area contributed by atoms with E-state index in [0.29, 0.717) is 5.56 Å². The highest BCUT2D eigenvalue weighted by Gasteiger charge is 2.15. The maximum Gasteiger partial charge on any atom is 0.240 e. The van der Waals surface area contributed by atoms with Gasteiger partial charge in [0.25, 0.3) is 0 Å². The van der Waals surface area contributed by atoms with Crippen LogP contribution in [-0.4, -0.2) is 26.2 Å². The van der Waals surface area contributed by atoms with Gasteiger partial charge in [-0.1, -0.05) is 18.2 Å². The van der Waals surface area contributed by atoms with Crippen LogP contribution in [0.4, 0.5) is 0 Å². The second kappa shape index (κ2) is 4.74. The first kappa shape index (κ1) is 12.2. The quantitative estimate of drug-likeness (QED) is 0.797. The fraction of sp³-hybridized carbons (Fsp3) is 0.400. The van der Waals surface area contributed by atoms with Gasteiger partial charge in [-0.3, -0.25) is 0 Å². The van der Waals surface area contributed by atoms with Crippen molar-refractivity contribution in [3.8, 4) is 0 Å². The molecule has 0 heterocycles. The van der Waals surface area contributed by atoms with E-state index in [1.165, 1.54) is 6.92 Å². The van der Waals surface area contributed by atoms with Crippen molar-refractivity contribution in [3.05, 3.63) is 29.8 Å². The number of aliphatic hydroxyl groups is 1. The van der Waals surface area contributed by atoms with Gasteiger partial charge in [-0.05, 0) is 25.5 Å². The zero-order valence-electron chi connectivity index (χ0n) is 8.77. The van der Waals surface area contributed by atoms with Crippen LogP contribution in [0.3, 0.4) is 0 Å². The number of aryl methyl sites for hydroxylation is 1. The standard InChI is InChI=1S/C10H15NO3S/c1-8-5-3-4-6-10(8)15(13,14)11-7-9(2)12/h3-6,9,11-12H,7H2,1-2H3. The lowest BCUT2D eigenvalue weighted by Gasteiger charge is -2.09. The fourth-order valence-corrected chi connectivity index (χ4v) is 2.53. The molecule has 0 saturated carbocycles. The summed E-state index contributed by atoms with van der Waals surface area (Å²) in [7, 11) is -3.50. The SMILES string of the molecule is Cc1ccccc1S(=O)(=O)NCC(C)O. The van der Waals surface area contributed by atoms with Crippen LogP contribution in [0.15, 0.2) is 29.2 Å². The smallest absolute Gasteiger partial charge is 0.240 e. The van der Waals surface area contributed by atoms with Crippen LogP contribution >= 0.6 is 0 Å². The molecule has 1 unspecified atom stereocenters. The first-order chi connectivity index (χ1) is 6.93. The maximum atomic E-state index is 11.7. The van der Waals surface area contributed by atoms with Crippen molar-refractivity contribution >= 4 is 10.0 Å². The lowest BCUT2D eigenvalue weighted by atomic mass is 10.2. The van der Waals surface area contributed by atoms with Crippen LogP contribution in [0.2, 0.25) is 0 Å². The topological polar surface area (TPSA) is 66.4 Å². The highest BCUT2D eigenvalue weighted by Crippen LogP contribution is 2.13. The Morgan fingerprint density at radius 1 is 1.40 bits per heavy atom. The van der Waals surface area contributed by atoms with E-state index < -0.39 is 16.1 Å². The summed E-state index contributed by atoms with van der Waals surface area (Å²) >= 11 is 0. The molecule has 1 atom stereocenters. The third-order valence-electron chi connectivity index (χ3n) is 1.95. The van der Waals surface area contributed by atoms with Crippen molar-refractivity contribution in [2.75, 3.05) is 6.54 Å². The minimum atomic E-state index is -3.50. The van der Waals surface area contributed by atoms with Gasteiger partial charge in [0, 0.05) is 6.54 Å². The third kappa shape index (κ3) is 3.30. The lowest BCUT2D eigenvalue weighted by Crippen LogP contribution is -2.31. The van der Waals surface area contributed by atoms with E-state index in [-0.39, 0.29) is 11.4 Å². The normalized spacial score (nSPS) is 13.8. The van der Waals surface area contributed by atoms with Crippen molar-refractivity contribution < 1.29 is 13.5 Å². The van der Waals surface area contributed by atoms with Crippen LogP contribution in [0, 0.1) is 6.92 Å². The molecule has 5 heteroatoms. The summed E-state index contributed by atoms with van der Waals surface area (Å²) in [6.45, 7) is 3.29. The van der Waals surface area contributed by atoms with Gasteiger partial charge in [-0.25, -0.2) is 13.1 Å². The Labute approximate surface area is 90.0 Å². The number of hydrogen-bond acceptors (Lipinski definition) is 3. The Morgan fingerprint density at radius 3 is 2.53 bits per heavy atom. The maximum absolute atomic E-state index is 11.7. The monoisotopic (exact) mass is 229 g/mol. The first-order valence-corrected chi connectivity index (χ1v) is 6.15. The molecule has 1 aromatic carbocycles. The van der Waals surface area contributed by atoms with Crippen LogP contribution in [0.5, 0.6) is 0 Å². The molecule has 0 bridgehead atoms. The van der Waals surface area contributed by atoms with Crippen molar-refractivity contribution in [2.45, 2.75) is 24.8 Å². The molecular formula is C10H15NO3S. The summed E-state index contributed by atoms with van der Waals surface area (Å²) in [6, 6.07) is 6.73. The minimum absolute atomic E-state index is 0.0245. The summed E-state index contributed by atoms with van der Waals surface area (Å²) in [5, 5.41) is 9.00. The van der Waals surface area contributed by atoms with E-state index in [1.807, 2.05) is 0 Å². The number of benzene rings is 1. The lowest BCUT2D eigenvalue weighted by molar-refractivity contribution is 0.198. The summed E-state index contributed by atoms with van der Waals surface area (Å²) in [6.07, 6.45) is -0.691. The van der Waals surface area contributed by atoms with Gasteiger partial charge in [0.2, 0.25) is 10.0 Å². The van der Waals surface area contributed by atoms with Gasteiger partial charge in [-0.2, -0.15) is 0 Å². The molecule has 1 rings (SSSR count). The zero-order chi connectivity index (χ0) is 11.5. The third-order valence-corrected chi connectivity index (χ3v) is 3.54. The average Bonchev–Trinajstić information content (AvgIpc) is 2.15. The van der Waals surface area contributed by atoms with Crippen LogP contribution in [0.25, 0.3) is 0 Å². The van der Waals surface area contributed by atoms with Crippen molar-refractivity contribution in [1.29, 1.82) is 0 Å². The summed E-state index contributed by atoms with van der Waals surface area (Å²) in [5.74, 6) is 0. The summed E-state index contributed by atoms with van der Waals surface area (Å²) in [4.78, 5) is 0.255. The molecule has 0 aromatic heterocycles. The van der Waals surface area contributed by atoms with Crippen LogP contribution in [0.1, 0.15) is 12.5 Å². The van der Waals surface area contributed by atoms with E-state index in [1.54, 1.807) is 31.2 Å². The Bertz CT molecular complexity index is 426. The number of aliphatic hydroxyl groups excluding tert-OH is 1. The predicted molar refractivity (Wildman–Crippen MR) is 58.0 cm³/mol. The van der Waals surface area contributed by atoms with E-state index in [0.717, 1.165) is 0 Å². The minimum Gasteiger partial charge on any atom is -0.392 e. The Morgan fingerprint density at radius 2 is 2.00 bits per heavy atom. The van der Waals surface area contributed by atoms with E-state index in [9.17, 15) is 8.42 Å². The average molecular weight is 229 g/mol. The molecular weight excluding hydrogens is 214 g/mol. The molecule has 0 aliphatic carbocycles. The summed E-state index contributed by atoms with van der Waals surface area (Å²) < 4.78 is 25.8. The largest absolute Gasteiger partial charge is 0.392 e. The number of sulfonamides is 1. The number of rotatable bonds is 4. The molecule has 15 heavy (non-hydrogen) atoms. The van der Waals surface area contributed by atoms with E-state index in [4.69, 9.17) is 5.11 Å². The molecule has 84 valence electrons. The van der Waals surface area contributed by atoms with Gasteiger partial charge in [0.15, 0.2) is 0 Å². The number of nitrogens with one attached hydrogen (secondary N) is 1. The second-order valence-electron chi connectivity index (χ2n) is 3.47. The highest BCUT2D eigenvalue weighted by molar-refractivity contribution is 7.89. The van der Waals surface area contributed by atoms with Crippen LogP contribution < -0.4 is 4.72 Å². The Balaban J connectivity index is 2.92. The van der Waals surface area contributed by atoms with Gasteiger partial charge >= 0.3 is 0 Å². The van der Waals surface area contributed by atoms with Gasteiger partial charge < -0.3 is 5.11 Å². The van der Waals surface area contributed by atoms with Crippen LogP contribution in [-0.2, 0) is 10.0 Å². The molecule has 4 nitrogen and oxygen atoms in total. The Hall–Kier alpha value is -0.910. The van der Waals surface area contributed by atoms with Crippen molar-refractivity contribution in [3.63, 3.8) is 0 Å². The number of hydrogen-bond donors (Lipinski definition) is 2. The molecule has 0 amide bonds. The molecule has 0 radical (unpaired) electrons. The fourth-order valence-electron chi connectivity index (χ4n) is 1.17. The molecule has 2 N–H and O–H groups in total. The Kier molecular flexibility index (Phi) is 3.84. The zero-order valence-corrected chi connectivity index (χ0v) is 9.58. The highest BCUT2D eigenvalue weighted by atomic mass is 32.2. The van der Waals surface area contributed by atoms with E-state index in [2.05, 4.69) is 4.72 Å². The molecule has 0 saturated heterocycles. The molecule has 1 aromatic rings. The summed E-state index contributed by atoms with van der Waals surface area (Å²) in [5.41, 5.74) is 0.690. The van der Waals surface area contributed by atoms with Gasteiger partial charge in [0.1, 0.15) is 0 Å². The first-order valence-electron chi connectivity index (χ1n) is 4.67.